The van der Waals surface area contributed by atoms with Gasteiger partial charge in [-0.05, 0) is 42.5 Å². The first-order valence-corrected chi connectivity index (χ1v) is 9.07. The topological polar surface area (TPSA) is 61.7 Å². The third kappa shape index (κ3) is 3.32. The predicted molar refractivity (Wildman–Crippen MR) is 111 cm³/mol. The van der Waals surface area contributed by atoms with E-state index in [0.717, 1.165) is 22.7 Å². The number of hydrogen-bond acceptors (Lipinski definition) is 4. The smallest absolute Gasteiger partial charge is 0.124 e. The molecule has 4 heteroatoms. The van der Waals surface area contributed by atoms with Crippen LogP contribution in [0.1, 0.15) is 22.6 Å². The number of hydrogen-bond donors (Lipinski definition) is 3. The van der Waals surface area contributed by atoms with Gasteiger partial charge in [0.15, 0.2) is 0 Å². The number of para-hydroxylation sites is 3. The third-order valence-corrected chi connectivity index (χ3v) is 4.85. The molecule has 0 radical (unpaired) electrons. The quantitative estimate of drug-likeness (QED) is 0.612. The van der Waals surface area contributed by atoms with Gasteiger partial charge in [-0.1, -0.05) is 42.5 Å². The Kier molecular flexibility index (Phi) is 4.77. The zero-order valence-electron chi connectivity index (χ0n) is 15.5. The van der Waals surface area contributed by atoms with E-state index in [-0.39, 0.29) is 17.4 Å². The lowest BCUT2D eigenvalue weighted by atomic mass is 9.90. The first kappa shape index (κ1) is 17.7. The zero-order chi connectivity index (χ0) is 19.5. The Hall–Kier alpha value is -3.66. The maximum Gasteiger partial charge on any atom is 0.124 e. The number of rotatable bonds is 4. The van der Waals surface area contributed by atoms with Crippen molar-refractivity contribution in [3.8, 4) is 17.2 Å². The molecule has 1 heterocycles. The van der Waals surface area contributed by atoms with E-state index in [1.54, 1.807) is 31.4 Å². The summed E-state index contributed by atoms with van der Waals surface area (Å²) < 4.78 is 5.55. The van der Waals surface area contributed by atoms with Gasteiger partial charge < -0.3 is 20.3 Å². The lowest BCUT2D eigenvalue weighted by Crippen LogP contribution is -2.17. The van der Waals surface area contributed by atoms with Crippen molar-refractivity contribution in [1.29, 1.82) is 0 Å². The highest BCUT2D eigenvalue weighted by atomic mass is 16.5. The second kappa shape index (κ2) is 7.53. The second-order valence-corrected chi connectivity index (χ2v) is 6.59. The summed E-state index contributed by atoms with van der Waals surface area (Å²) in [5.74, 6) is 1.08. The fraction of sp³-hybridized carbons (Fsp3) is 0.0833. The van der Waals surface area contributed by atoms with E-state index in [4.69, 9.17) is 4.74 Å². The number of dihydropyridines is 1. The van der Waals surface area contributed by atoms with Gasteiger partial charge in [0.2, 0.25) is 0 Å². The van der Waals surface area contributed by atoms with Crippen LogP contribution in [0.15, 0.2) is 84.9 Å². The Morgan fingerprint density at radius 1 is 0.714 bits per heavy atom. The molecule has 0 aromatic heterocycles. The van der Waals surface area contributed by atoms with Crippen LogP contribution in [0.4, 0.5) is 0 Å². The first-order valence-electron chi connectivity index (χ1n) is 9.07. The van der Waals surface area contributed by atoms with Gasteiger partial charge in [-0.3, -0.25) is 0 Å². The van der Waals surface area contributed by atoms with Crippen LogP contribution in [-0.2, 0) is 0 Å². The molecule has 4 nitrogen and oxygen atoms in total. The lowest BCUT2D eigenvalue weighted by molar-refractivity contribution is 0.409. The first-order chi connectivity index (χ1) is 13.7. The van der Waals surface area contributed by atoms with Crippen molar-refractivity contribution in [1.82, 2.24) is 5.32 Å². The minimum absolute atomic E-state index is 0.0957. The van der Waals surface area contributed by atoms with Crippen LogP contribution >= 0.6 is 0 Å². The predicted octanol–water partition coefficient (Wildman–Crippen LogP) is 4.88. The Bertz CT molecular complexity index is 1010. The van der Waals surface area contributed by atoms with E-state index in [9.17, 15) is 10.2 Å². The van der Waals surface area contributed by atoms with Crippen LogP contribution in [-0.4, -0.2) is 17.3 Å². The molecule has 4 rings (SSSR count). The fourth-order valence-corrected chi connectivity index (χ4v) is 3.47. The van der Waals surface area contributed by atoms with Crippen molar-refractivity contribution in [2.24, 2.45) is 0 Å². The normalized spacial score (nSPS) is 14.0. The molecule has 1 aliphatic rings. The number of nitrogens with one attached hydrogen (secondary N) is 1. The van der Waals surface area contributed by atoms with E-state index in [2.05, 4.69) is 17.5 Å². The van der Waals surface area contributed by atoms with Gasteiger partial charge in [0.1, 0.15) is 17.2 Å². The summed E-state index contributed by atoms with van der Waals surface area (Å²) in [4.78, 5) is 0. The molecule has 3 aromatic carbocycles. The summed E-state index contributed by atoms with van der Waals surface area (Å²) in [5, 5.41) is 24.1. The number of phenolic OH excluding ortho intramolecular Hbond substituents is 2. The number of allylic oxidation sites excluding steroid dienone is 2. The zero-order valence-corrected chi connectivity index (χ0v) is 15.5. The van der Waals surface area contributed by atoms with Crippen LogP contribution < -0.4 is 10.1 Å². The second-order valence-electron chi connectivity index (χ2n) is 6.59. The van der Waals surface area contributed by atoms with Crippen LogP contribution in [0.25, 0.3) is 11.4 Å². The molecule has 0 saturated heterocycles. The molecule has 0 aliphatic carbocycles. The Morgan fingerprint density at radius 2 is 1.21 bits per heavy atom. The van der Waals surface area contributed by atoms with Gasteiger partial charge in [0.25, 0.3) is 0 Å². The fourth-order valence-electron chi connectivity index (χ4n) is 3.47. The third-order valence-electron chi connectivity index (χ3n) is 4.85. The standard InChI is InChI=1S/C24H21NO3/c1-28-24-13-7-4-8-17(24)16-14-20(18-9-2-5-11-22(18)26)25-21(15-16)19-10-3-6-12-23(19)27/h2-16,25-27H,1H3. The van der Waals surface area contributed by atoms with E-state index < -0.39 is 0 Å². The van der Waals surface area contributed by atoms with Crippen molar-refractivity contribution in [3.63, 3.8) is 0 Å². The minimum atomic E-state index is -0.0957. The molecular weight excluding hydrogens is 350 g/mol. The van der Waals surface area contributed by atoms with Gasteiger partial charge in [-0.15, -0.1) is 0 Å². The summed E-state index contributed by atoms with van der Waals surface area (Å²) in [6, 6.07) is 22.3. The maximum atomic E-state index is 10.4. The molecule has 1 aliphatic heterocycles. The largest absolute Gasteiger partial charge is 0.507 e. The Morgan fingerprint density at radius 3 is 1.75 bits per heavy atom. The molecule has 0 amide bonds. The average molecular weight is 371 g/mol. The number of methoxy groups -OCH3 is 1. The lowest BCUT2D eigenvalue weighted by Gasteiger charge is -2.25. The van der Waals surface area contributed by atoms with Crippen LogP contribution in [0, 0.1) is 0 Å². The van der Waals surface area contributed by atoms with E-state index in [1.807, 2.05) is 48.5 Å². The summed E-state index contributed by atoms with van der Waals surface area (Å²) in [6.07, 6.45) is 4.10. The van der Waals surface area contributed by atoms with Crippen molar-refractivity contribution in [2.75, 3.05) is 7.11 Å². The number of ether oxygens (including phenoxy) is 1. The maximum absolute atomic E-state index is 10.4. The molecule has 0 atom stereocenters. The van der Waals surface area contributed by atoms with Gasteiger partial charge in [0, 0.05) is 34.0 Å². The van der Waals surface area contributed by atoms with Crippen LogP contribution in [0.3, 0.4) is 0 Å². The molecule has 0 spiro atoms. The number of aromatic hydroxyl groups is 2. The summed E-state index contributed by atoms with van der Waals surface area (Å²) in [6.45, 7) is 0. The Balaban J connectivity index is 1.86. The highest BCUT2D eigenvalue weighted by Gasteiger charge is 2.22. The van der Waals surface area contributed by atoms with Crippen molar-refractivity contribution in [2.45, 2.75) is 5.92 Å². The van der Waals surface area contributed by atoms with Crippen molar-refractivity contribution < 1.29 is 14.9 Å². The SMILES string of the molecule is COc1ccccc1C1C=C(c2ccccc2O)NC(c2ccccc2O)=C1. The van der Waals surface area contributed by atoms with E-state index in [0.29, 0.717) is 11.1 Å². The minimum Gasteiger partial charge on any atom is -0.507 e. The Labute approximate surface area is 164 Å². The van der Waals surface area contributed by atoms with Gasteiger partial charge >= 0.3 is 0 Å². The van der Waals surface area contributed by atoms with Crippen molar-refractivity contribution in [3.05, 3.63) is 102 Å². The van der Waals surface area contributed by atoms with Crippen molar-refractivity contribution >= 4 is 11.4 Å². The molecule has 3 aromatic rings. The molecular formula is C24H21NO3. The van der Waals surface area contributed by atoms with Gasteiger partial charge in [-0.25, -0.2) is 0 Å². The molecule has 28 heavy (non-hydrogen) atoms. The van der Waals surface area contributed by atoms with Crippen LogP contribution in [0.5, 0.6) is 17.2 Å². The summed E-state index contributed by atoms with van der Waals surface area (Å²) in [7, 11) is 1.65. The molecule has 3 N–H and O–H groups in total. The molecule has 0 saturated carbocycles. The van der Waals surface area contributed by atoms with E-state index >= 15 is 0 Å². The highest BCUT2D eigenvalue weighted by molar-refractivity contribution is 5.84. The van der Waals surface area contributed by atoms with Gasteiger partial charge in [-0.2, -0.15) is 0 Å². The van der Waals surface area contributed by atoms with Gasteiger partial charge in [0.05, 0.1) is 7.11 Å². The highest BCUT2D eigenvalue weighted by Crippen LogP contribution is 2.38. The van der Waals surface area contributed by atoms with Crippen LogP contribution in [0.2, 0.25) is 0 Å². The molecule has 0 bridgehead atoms. The molecule has 140 valence electrons. The number of phenols is 2. The molecule has 0 fully saturated rings. The average Bonchev–Trinajstić information content (AvgIpc) is 2.74. The monoisotopic (exact) mass is 371 g/mol. The molecule has 0 unspecified atom stereocenters. The van der Waals surface area contributed by atoms with E-state index in [1.165, 1.54) is 0 Å². The summed E-state index contributed by atoms with van der Waals surface area (Å²) >= 11 is 0. The number of benzene rings is 3. The summed E-state index contributed by atoms with van der Waals surface area (Å²) in [5.41, 5.74) is 3.95.